The molecule has 0 aliphatic carbocycles. The van der Waals surface area contributed by atoms with E-state index >= 15 is 0 Å². The van der Waals surface area contributed by atoms with Crippen molar-refractivity contribution < 1.29 is 17.2 Å². The minimum absolute atomic E-state index is 0.109. The summed E-state index contributed by atoms with van der Waals surface area (Å²) < 4.78 is 54.5. The van der Waals surface area contributed by atoms with Crippen molar-refractivity contribution in [1.29, 1.82) is 5.26 Å². The maximum Gasteiger partial charge on any atom is 0.295 e. The number of fused-ring (bicyclic) bond motifs is 1. The number of alkyl halides is 2. The lowest BCUT2D eigenvalue weighted by Crippen LogP contribution is -2.25. The molecule has 15 heteroatoms. The average Bonchev–Trinajstić information content (AvgIpc) is 3.29. The smallest absolute Gasteiger partial charge is 0.295 e. The molecule has 0 radical (unpaired) electrons. The first-order valence-electron chi connectivity index (χ1n) is 11.6. The van der Waals surface area contributed by atoms with Gasteiger partial charge in [-0.1, -0.05) is 32.0 Å². The van der Waals surface area contributed by atoms with Crippen molar-refractivity contribution in [3.63, 3.8) is 0 Å². The predicted molar refractivity (Wildman–Crippen MR) is 162 cm³/mol. The van der Waals surface area contributed by atoms with Crippen LogP contribution in [0.5, 0.6) is 0 Å². The Bertz CT molecular complexity index is 1640. The number of imidazole rings is 1. The van der Waals surface area contributed by atoms with E-state index in [9.17, 15) is 22.5 Å². The second kappa shape index (κ2) is 12.8. The van der Waals surface area contributed by atoms with E-state index in [1.165, 1.54) is 11.4 Å². The molecule has 2 N–H and O–H groups in total. The number of rotatable bonds is 8. The maximum atomic E-state index is 13.8. The van der Waals surface area contributed by atoms with Crippen LogP contribution in [0.25, 0.3) is 11.2 Å². The molecule has 1 atom stereocenters. The van der Waals surface area contributed by atoms with Crippen LogP contribution in [0, 0.1) is 18.3 Å². The number of sulfonamides is 1. The third-order valence-corrected chi connectivity index (χ3v) is 8.64. The minimum Gasteiger partial charge on any atom is -0.352 e. The second-order valence-electron chi connectivity index (χ2n) is 7.89. The minimum atomic E-state index is -3.57. The summed E-state index contributed by atoms with van der Waals surface area (Å²) in [6, 6.07) is 13.7. The van der Waals surface area contributed by atoms with Gasteiger partial charge in [-0.2, -0.15) is 5.26 Å². The monoisotopic (exact) mass is 686 g/mol. The number of halogens is 3. The Labute approximate surface area is 240 Å². The Hall–Kier alpha value is -3.15. The molecule has 0 saturated heterocycles. The highest BCUT2D eigenvalue weighted by Crippen LogP contribution is 2.39. The molecule has 0 saturated carbocycles. The molecule has 206 valence electrons. The summed E-state index contributed by atoms with van der Waals surface area (Å²) in [5.74, 6) is 0.173. The van der Waals surface area contributed by atoms with Crippen LogP contribution in [-0.4, -0.2) is 41.0 Å². The van der Waals surface area contributed by atoms with Gasteiger partial charge in [-0.25, -0.2) is 32.2 Å². The van der Waals surface area contributed by atoms with Crippen LogP contribution in [0.3, 0.4) is 0 Å². The Morgan fingerprint density at radius 3 is 2.38 bits per heavy atom. The number of para-hydroxylation sites is 2. The standard InChI is InChI=1S/C22H20F2IN8O2PS.C2H6/c1-12-8-9-17(28-15(12)11-26)29-18-10-14(19-21(30-18)33(36-25)22(31-19)20(23)24)27-13-6-4-5-7-16(13)32(2)37(3,34)35;1-2/h4-10,20,36H,1-3H3,(H2,27,28,29,30);1-2H3. The van der Waals surface area contributed by atoms with Crippen LogP contribution < -0.4 is 14.9 Å². The summed E-state index contributed by atoms with van der Waals surface area (Å²) in [5, 5.41) is 15.5. The molecule has 0 aliphatic rings. The number of hydrogen-bond donors (Lipinski definition) is 2. The van der Waals surface area contributed by atoms with Crippen LogP contribution in [0.15, 0.2) is 42.5 Å². The van der Waals surface area contributed by atoms with Crippen LogP contribution in [0.1, 0.15) is 37.4 Å². The second-order valence-corrected chi connectivity index (χ2v) is 12.0. The van der Waals surface area contributed by atoms with Gasteiger partial charge in [0, 0.05) is 13.1 Å². The molecular weight excluding hydrogens is 660 g/mol. The molecule has 4 aromatic rings. The molecule has 10 nitrogen and oxygen atoms in total. The fraction of sp³-hybridized carbons (Fsp3) is 0.250. The Balaban J connectivity index is 0.00000205. The molecule has 0 spiro atoms. The molecule has 1 unspecified atom stereocenters. The quantitative estimate of drug-likeness (QED) is 0.156. The third kappa shape index (κ3) is 6.71. The van der Waals surface area contributed by atoms with Gasteiger partial charge in [0.2, 0.25) is 10.0 Å². The first kappa shape index (κ1) is 30.4. The molecule has 0 fully saturated rings. The zero-order chi connectivity index (χ0) is 28.9. The lowest BCUT2D eigenvalue weighted by atomic mass is 10.2. The molecule has 0 aliphatic heterocycles. The first-order chi connectivity index (χ1) is 18.5. The van der Waals surface area contributed by atoms with E-state index in [0.29, 0.717) is 28.4 Å². The Morgan fingerprint density at radius 1 is 1.08 bits per heavy atom. The van der Waals surface area contributed by atoms with Gasteiger partial charge in [0.25, 0.3) is 6.43 Å². The van der Waals surface area contributed by atoms with E-state index in [2.05, 4.69) is 25.6 Å². The first-order valence-corrected chi connectivity index (χ1v) is 17.5. The maximum absolute atomic E-state index is 13.8. The van der Waals surface area contributed by atoms with Crippen molar-refractivity contribution in [3.8, 4) is 6.07 Å². The number of hydrogen-bond acceptors (Lipinski definition) is 8. The fourth-order valence-corrected chi connectivity index (χ4v) is 5.89. The predicted octanol–water partition coefficient (Wildman–Crippen LogP) is 6.64. The zero-order valence-electron chi connectivity index (χ0n) is 21.7. The average molecular weight is 686 g/mol. The summed E-state index contributed by atoms with van der Waals surface area (Å²) in [6.07, 6.45) is -1.86. The number of aromatic nitrogens is 4. The molecule has 4 rings (SSSR count). The molecule has 3 heterocycles. The van der Waals surface area contributed by atoms with Gasteiger partial charge in [-0.15, -0.1) is 0 Å². The molecule has 0 bridgehead atoms. The number of aryl methyl sites for hydroxylation is 1. The van der Waals surface area contributed by atoms with E-state index < -0.39 is 22.3 Å². The number of nitrogens with one attached hydrogen (secondary N) is 2. The van der Waals surface area contributed by atoms with Crippen LogP contribution in [0.2, 0.25) is 0 Å². The third-order valence-electron chi connectivity index (χ3n) is 5.39. The molecule has 39 heavy (non-hydrogen) atoms. The topological polar surface area (TPSA) is 129 Å². The van der Waals surface area contributed by atoms with Gasteiger partial charge in [-0.05, 0) is 52.7 Å². The summed E-state index contributed by atoms with van der Waals surface area (Å²) in [4.78, 5) is 12.9. The highest BCUT2D eigenvalue weighted by molar-refractivity contribution is 14.2. The van der Waals surface area contributed by atoms with Gasteiger partial charge in [0.15, 0.2) is 11.5 Å². The molecule has 0 amide bonds. The zero-order valence-corrected chi connectivity index (χ0v) is 25.6. The Kier molecular flexibility index (Phi) is 9.98. The van der Waals surface area contributed by atoms with Gasteiger partial charge in [0.1, 0.15) is 28.9 Å². The van der Waals surface area contributed by atoms with Gasteiger partial charge >= 0.3 is 0 Å². The van der Waals surface area contributed by atoms with Crippen LogP contribution in [-0.2, 0) is 10.0 Å². The van der Waals surface area contributed by atoms with Crippen LogP contribution >= 0.6 is 28.4 Å². The van der Waals surface area contributed by atoms with E-state index in [1.54, 1.807) is 49.4 Å². The summed E-state index contributed by atoms with van der Waals surface area (Å²) in [5.41, 5.74) is 2.43. The number of nitrogens with zero attached hydrogens (tertiary/aromatic N) is 6. The van der Waals surface area contributed by atoms with Crippen LogP contribution in [0.4, 0.5) is 37.5 Å². The van der Waals surface area contributed by atoms with Crippen molar-refractivity contribution in [2.45, 2.75) is 27.2 Å². The van der Waals surface area contributed by atoms with Crippen molar-refractivity contribution >= 4 is 78.3 Å². The SMILES string of the molecule is CC.Cc1ccc(Nc2cc(Nc3ccccc3N(C)S(C)(=O)=O)c3nc(C(F)F)n(PI)c3n2)nc1C#N. The number of benzene rings is 1. The molecule has 1 aromatic carbocycles. The van der Waals surface area contributed by atoms with Crippen molar-refractivity contribution in [2.24, 2.45) is 0 Å². The van der Waals surface area contributed by atoms with Gasteiger partial charge in [0.05, 0.1) is 29.7 Å². The lowest BCUT2D eigenvalue weighted by molar-refractivity contribution is 0.140. The molecule has 3 aromatic heterocycles. The number of nitriles is 1. The van der Waals surface area contributed by atoms with E-state index in [1.807, 2.05) is 42.0 Å². The van der Waals surface area contributed by atoms with E-state index in [-0.39, 0.29) is 29.0 Å². The van der Waals surface area contributed by atoms with Crippen molar-refractivity contribution in [2.75, 3.05) is 28.2 Å². The number of anilines is 5. The van der Waals surface area contributed by atoms with Gasteiger partial charge < -0.3 is 10.6 Å². The molecular formula is C24H26F2IN8O2PS. The van der Waals surface area contributed by atoms with E-state index in [0.717, 1.165) is 10.6 Å². The van der Waals surface area contributed by atoms with E-state index in [4.69, 9.17) is 0 Å². The summed E-state index contributed by atoms with van der Waals surface area (Å²) in [6.45, 7) is 5.76. The summed E-state index contributed by atoms with van der Waals surface area (Å²) in [7, 11) is -2.16. The largest absolute Gasteiger partial charge is 0.352 e. The van der Waals surface area contributed by atoms with Gasteiger partial charge in [-0.3, -0.25) is 8.64 Å². The highest BCUT2D eigenvalue weighted by atomic mass is 127. The number of pyridine rings is 2. The van der Waals surface area contributed by atoms with Crippen molar-refractivity contribution in [3.05, 3.63) is 59.5 Å². The fourth-order valence-electron chi connectivity index (χ4n) is 3.47. The Morgan fingerprint density at radius 2 is 1.77 bits per heavy atom. The normalized spacial score (nSPS) is 11.4. The lowest BCUT2D eigenvalue weighted by Gasteiger charge is -2.21. The van der Waals surface area contributed by atoms with Crippen molar-refractivity contribution in [1.82, 2.24) is 19.3 Å². The summed E-state index contributed by atoms with van der Waals surface area (Å²) >= 11 is 1.98. The highest BCUT2D eigenvalue weighted by Gasteiger charge is 2.23.